The molecule has 3 nitrogen and oxygen atoms in total. The number of rotatable bonds is 4. The molecule has 1 unspecified atom stereocenters. The maximum absolute atomic E-state index is 6.08. The third kappa shape index (κ3) is 4.40. The lowest BCUT2D eigenvalue weighted by atomic mass is 10.0. The summed E-state index contributed by atoms with van der Waals surface area (Å²) in [6.45, 7) is 10.3. The molecule has 1 aliphatic heterocycles. The van der Waals surface area contributed by atoms with Gasteiger partial charge in [-0.2, -0.15) is 0 Å². The van der Waals surface area contributed by atoms with Gasteiger partial charge in [-0.05, 0) is 19.4 Å². The van der Waals surface area contributed by atoms with Crippen LogP contribution >= 0.6 is 0 Å². The molecule has 14 heavy (non-hydrogen) atoms. The molecule has 1 heterocycles. The largest absolute Gasteiger partial charge is 0.327 e. The van der Waals surface area contributed by atoms with Crippen LogP contribution in [0.15, 0.2) is 0 Å². The van der Waals surface area contributed by atoms with Crippen LogP contribution < -0.4 is 5.73 Å². The molecule has 0 aromatic carbocycles. The number of hydrogen-bond donors (Lipinski definition) is 1. The van der Waals surface area contributed by atoms with Gasteiger partial charge in [0.15, 0.2) is 0 Å². The van der Waals surface area contributed by atoms with Crippen LogP contribution in [0.3, 0.4) is 0 Å². The number of nitrogens with zero attached hydrogens (tertiary/aromatic N) is 2. The zero-order chi connectivity index (χ0) is 10.6. The fourth-order valence-electron chi connectivity index (χ4n) is 2.04. The molecule has 2 N–H and O–H groups in total. The van der Waals surface area contributed by atoms with E-state index in [4.69, 9.17) is 5.73 Å². The Morgan fingerprint density at radius 3 is 2.21 bits per heavy atom. The van der Waals surface area contributed by atoms with Gasteiger partial charge >= 0.3 is 0 Å². The van der Waals surface area contributed by atoms with Crippen LogP contribution in [-0.2, 0) is 0 Å². The van der Waals surface area contributed by atoms with Crippen molar-refractivity contribution in [2.45, 2.75) is 26.3 Å². The zero-order valence-electron chi connectivity index (χ0n) is 9.87. The lowest BCUT2D eigenvalue weighted by Crippen LogP contribution is -2.48. The highest BCUT2D eigenvalue weighted by molar-refractivity contribution is 4.74. The monoisotopic (exact) mass is 199 g/mol. The Balaban J connectivity index is 2.17. The van der Waals surface area contributed by atoms with Crippen molar-refractivity contribution in [2.24, 2.45) is 11.7 Å². The lowest BCUT2D eigenvalue weighted by Gasteiger charge is -2.34. The molecular weight excluding hydrogens is 174 g/mol. The van der Waals surface area contributed by atoms with Crippen molar-refractivity contribution >= 4 is 0 Å². The van der Waals surface area contributed by atoms with Crippen LogP contribution in [0.1, 0.15) is 20.3 Å². The van der Waals surface area contributed by atoms with Gasteiger partial charge in [-0.25, -0.2) is 0 Å². The minimum atomic E-state index is 0.360. The van der Waals surface area contributed by atoms with Crippen LogP contribution in [0, 0.1) is 5.92 Å². The molecule has 0 bridgehead atoms. The van der Waals surface area contributed by atoms with Gasteiger partial charge in [-0.3, -0.25) is 4.90 Å². The van der Waals surface area contributed by atoms with Crippen molar-refractivity contribution in [2.75, 3.05) is 39.8 Å². The topological polar surface area (TPSA) is 32.5 Å². The maximum Gasteiger partial charge on any atom is 0.0170 e. The molecule has 0 aliphatic carbocycles. The molecule has 0 aromatic rings. The van der Waals surface area contributed by atoms with Gasteiger partial charge in [0, 0.05) is 38.8 Å². The zero-order valence-corrected chi connectivity index (χ0v) is 9.87. The molecule has 0 spiro atoms. The summed E-state index contributed by atoms with van der Waals surface area (Å²) in [7, 11) is 2.19. The number of likely N-dealkylation sites (N-methyl/N-ethyl adjacent to an activating group) is 1. The Morgan fingerprint density at radius 2 is 1.71 bits per heavy atom. The fraction of sp³-hybridized carbons (Fsp3) is 1.00. The molecule has 0 aromatic heterocycles. The van der Waals surface area contributed by atoms with Crippen molar-refractivity contribution in [1.29, 1.82) is 0 Å². The van der Waals surface area contributed by atoms with Crippen molar-refractivity contribution in [3.63, 3.8) is 0 Å². The molecule has 1 atom stereocenters. The van der Waals surface area contributed by atoms with E-state index in [9.17, 15) is 0 Å². The highest BCUT2D eigenvalue weighted by Gasteiger charge is 2.16. The summed E-state index contributed by atoms with van der Waals surface area (Å²) in [5.74, 6) is 0.720. The maximum atomic E-state index is 6.08. The summed E-state index contributed by atoms with van der Waals surface area (Å²) < 4.78 is 0. The van der Waals surface area contributed by atoms with E-state index in [0.717, 1.165) is 18.9 Å². The summed E-state index contributed by atoms with van der Waals surface area (Å²) in [6, 6.07) is 0.360. The van der Waals surface area contributed by atoms with E-state index in [1.165, 1.54) is 26.2 Å². The number of hydrogen-bond acceptors (Lipinski definition) is 3. The Kier molecular flexibility index (Phi) is 4.85. The quantitative estimate of drug-likeness (QED) is 0.720. The summed E-state index contributed by atoms with van der Waals surface area (Å²) in [5, 5.41) is 0. The van der Waals surface area contributed by atoms with E-state index >= 15 is 0 Å². The van der Waals surface area contributed by atoms with Gasteiger partial charge in [0.05, 0.1) is 0 Å². The first-order valence-corrected chi connectivity index (χ1v) is 5.74. The SMILES string of the molecule is CC(C)CC(N)CN1CCN(C)CC1. The van der Waals surface area contributed by atoms with Crippen molar-refractivity contribution < 1.29 is 0 Å². The molecule has 1 rings (SSSR count). The van der Waals surface area contributed by atoms with Gasteiger partial charge in [0.1, 0.15) is 0 Å². The lowest BCUT2D eigenvalue weighted by molar-refractivity contribution is 0.144. The standard InChI is InChI=1S/C11H25N3/c1-10(2)8-11(12)9-14-6-4-13(3)5-7-14/h10-11H,4-9,12H2,1-3H3. The second kappa shape index (κ2) is 5.69. The highest BCUT2D eigenvalue weighted by atomic mass is 15.2. The Hall–Kier alpha value is -0.120. The minimum absolute atomic E-state index is 0.360. The number of nitrogens with two attached hydrogens (primary N) is 1. The van der Waals surface area contributed by atoms with E-state index in [0.29, 0.717) is 6.04 Å². The first kappa shape index (κ1) is 12.0. The average Bonchev–Trinajstić information content (AvgIpc) is 2.07. The molecule has 1 saturated heterocycles. The average molecular weight is 199 g/mol. The normalized spacial score (nSPS) is 22.9. The Morgan fingerprint density at radius 1 is 1.14 bits per heavy atom. The molecule has 84 valence electrons. The van der Waals surface area contributed by atoms with E-state index in [1.54, 1.807) is 0 Å². The first-order valence-electron chi connectivity index (χ1n) is 5.74. The predicted molar refractivity (Wildman–Crippen MR) is 61.4 cm³/mol. The molecular formula is C11H25N3. The first-order chi connectivity index (χ1) is 6.58. The third-order valence-corrected chi connectivity index (χ3v) is 2.86. The van der Waals surface area contributed by atoms with Gasteiger partial charge in [-0.1, -0.05) is 13.8 Å². The van der Waals surface area contributed by atoms with Crippen LogP contribution in [0.5, 0.6) is 0 Å². The summed E-state index contributed by atoms with van der Waals surface area (Å²) >= 11 is 0. The molecule has 3 heteroatoms. The second-order valence-electron chi connectivity index (χ2n) is 4.99. The van der Waals surface area contributed by atoms with Crippen LogP contribution in [0.2, 0.25) is 0 Å². The molecule has 0 saturated carbocycles. The summed E-state index contributed by atoms with van der Waals surface area (Å²) in [6.07, 6.45) is 1.15. The summed E-state index contributed by atoms with van der Waals surface area (Å²) in [4.78, 5) is 4.87. The predicted octanol–water partition coefficient (Wildman–Crippen LogP) is 0.607. The molecule has 0 radical (unpaired) electrons. The van der Waals surface area contributed by atoms with Crippen molar-refractivity contribution in [3.05, 3.63) is 0 Å². The fourth-order valence-corrected chi connectivity index (χ4v) is 2.04. The molecule has 1 aliphatic rings. The summed E-state index contributed by atoms with van der Waals surface area (Å²) in [5.41, 5.74) is 6.08. The Labute approximate surface area is 88.2 Å². The van der Waals surface area contributed by atoms with Crippen molar-refractivity contribution in [3.8, 4) is 0 Å². The van der Waals surface area contributed by atoms with E-state index < -0.39 is 0 Å². The van der Waals surface area contributed by atoms with Gasteiger partial charge in [-0.15, -0.1) is 0 Å². The molecule has 0 amide bonds. The molecule has 1 fully saturated rings. The van der Waals surface area contributed by atoms with Gasteiger partial charge in [0.25, 0.3) is 0 Å². The van der Waals surface area contributed by atoms with Crippen molar-refractivity contribution in [1.82, 2.24) is 9.80 Å². The van der Waals surface area contributed by atoms with Gasteiger partial charge in [0.2, 0.25) is 0 Å². The smallest absolute Gasteiger partial charge is 0.0170 e. The van der Waals surface area contributed by atoms with Gasteiger partial charge < -0.3 is 10.6 Å². The third-order valence-electron chi connectivity index (χ3n) is 2.86. The van der Waals surface area contributed by atoms with E-state index in [2.05, 4.69) is 30.7 Å². The number of piperazine rings is 1. The van der Waals surface area contributed by atoms with Crippen LogP contribution in [0.4, 0.5) is 0 Å². The van der Waals surface area contributed by atoms with E-state index in [1.807, 2.05) is 0 Å². The van der Waals surface area contributed by atoms with Crippen LogP contribution in [-0.4, -0.2) is 55.6 Å². The Bertz CT molecular complexity index is 151. The van der Waals surface area contributed by atoms with Crippen LogP contribution in [0.25, 0.3) is 0 Å². The second-order valence-corrected chi connectivity index (χ2v) is 4.99. The highest BCUT2D eigenvalue weighted by Crippen LogP contribution is 2.06. The van der Waals surface area contributed by atoms with E-state index in [-0.39, 0.29) is 0 Å². The minimum Gasteiger partial charge on any atom is -0.327 e.